The monoisotopic (exact) mass is 325 g/mol. The Balaban J connectivity index is 2.38. The molecule has 1 aromatic rings. The van der Waals surface area contributed by atoms with E-state index in [1.807, 2.05) is 24.3 Å². The highest BCUT2D eigenvalue weighted by atomic mass is 79.9. The Labute approximate surface area is 122 Å². The van der Waals surface area contributed by atoms with Gasteiger partial charge >= 0.3 is 5.97 Å². The maximum Gasteiger partial charge on any atom is 0.325 e. The van der Waals surface area contributed by atoms with Gasteiger partial charge in [-0.3, -0.25) is 9.69 Å². The minimum atomic E-state index is -0.781. The number of nitrogens with zero attached hydrogens (tertiary/aromatic N) is 1. The van der Waals surface area contributed by atoms with E-state index in [9.17, 15) is 9.90 Å². The van der Waals surface area contributed by atoms with Crippen LogP contribution in [0.15, 0.2) is 28.7 Å². The van der Waals surface area contributed by atoms with Crippen LogP contribution >= 0.6 is 15.9 Å². The van der Waals surface area contributed by atoms with E-state index in [-0.39, 0.29) is 11.5 Å². The van der Waals surface area contributed by atoms with E-state index in [1.165, 1.54) is 0 Å². The van der Waals surface area contributed by atoms with Crippen molar-refractivity contribution in [2.75, 3.05) is 6.54 Å². The van der Waals surface area contributed by atoms with E-state index in [1.54, 1.807) is 0 Å². The second-order valence-corrected chi connectivity index (χ2v) is 7.01. The second-order valence-electron chi connectivity index (χ2n) is 6.15. The van der Waals surface area contributed by atoms with Gasteiger partial charge in [-0.1, -0.05) is 48.0 Å². The summed E-state index contributed by atoms with van der Waals surface area (Å²) in [5.74, 6) is -0.781. The van der Waals surface area contributed by atoms with Gasteiger partial charge in [-0.25, -0.2) is 0 Å². The number of hydrogen-bond acceptors (Lipinski definition) is 2. The summed E-state index contributed by atoms with van der Waals surface area (Å²) in [6, 6.07) is 7.29. The van der Waals surface area contributed by atoms with Crippen molar-refractivity contribution in [2.24, 2.45) is 5.41 Å². The highest BCUT2D eigenvalue weighted by Gasteiger charge is 2.42. The summed E-state index contributed by atoms with van der Waals surface area (Å²) in [6.07, 6.45) is 1.03. The Hall–Kier alpha value is -0.870. The molecule has 1 aliphatic rings. The van der Waals surface area contributed by atoms with Crippen LogP contribution < -0.4 is 0 Å². The van der Waals surface area contributed by atoms with Crippen molar-refractivity contribution < 1.29 is 9.90 Å². The summed E-state index contributed by atoms with van der Waals surface area (Å²) in [4.78, 5) is 13.8. The van der Waals surface area contributed by atoms with Gasteiger partial charge in [0.1, 0.15) is 6.04 Å². The topological polar surface area (TPSA) is 40.5 Å². The Morgan fingerprint density at radius 3 is 2.58 bits per heavy atom. The molecule has 1 heterocycles. The number of benzene rings is 1. The largest absolute Gasteiger partial charge is 0.480 e. The van der Waals surface area contributed by atoms with E-state index >= 15 is 0 Å². The number of carboxylic acids is 1. The first-order chi connectivity index (χ1) is 8.82. The van der Waals surface area contributed by atoms with Crippen LogP contribution in [-0.2, 0) is 4.79 Å². The lowest BCUT2D eigenvalue weighted by Crippen LogP contribution is -2.37. The SMILES string of the molecule is CC1CC(C)(C)CN1C(C(=O)O)c1ccccc1Br. The molecule has 1 aromatic carbocycles. The lowest BCUT2D eigenvalue weighted by atomic mass is 9.91. The highest BCUT2D eigenvalue weighted by Crippen LogP contribution is 2.40. The zero-order valence-corrected chi connectivity index (χ0v) is 13.1. The van der Waals surface area contributed by atoms with Crippen LogP contribution in [0.3, 0.4) is 0 Å². The molecule has 2 rings (SSSR count). The zero-order valence-electron chi connectivity index (χ0n) is 11.6. The van der Waals surface area contributed by atoms with Crippen LogP contribution in [0, 0.1) is 5.41 Å². The summed E-state index contributed by atoms with van der Waals surface area (Å²) in [6.45, 7) is 7.32. The van der Waals surface area contributed by atoms with Crippen molar-refractivity contribution in [3.8, 4) is 0 Å². The molecule has 19 heavy (non-hydrogen) atoms. The summed E-state index contributed by atoms with van der Waals surface area (Å²) in [5, 5.41) is 9.64. The number of rotatable bonds is 3. The van der Waals surface area contributed by atoms with Crippen LogP contribution in [0.2, 0.25) is 0 Å². The van der Waals surface area contributed by atoms with Crippen molar-refractivity contribution in [2.45, 2.75) is 39.3 Å². The molecule has 4 heteroatoms. The maximum atomic E-state index is 11.7. The van der Waals surface area contributed by atoms with Crippen molar-refractivity contribution in [1.82, 2.24) is 4.90 Å². The summed E-state index contributed by atoms with van der Waals surface area (Å²) >= 11 is 3.47. The van der Waals surface area contributed by atoms with Gasteiger partial charge < -0.3 is 5.11 Å². The predicted octanol–water partition coefficient (Wildman–Crippen LogP) is 3.70. The van der Waals surface area contributed by atoms with Crippen LogP contribution in [0.25, 0.3) is 0 Å². The molecule has 0 saturated carbocycles. The van der Waals surface area contributed by atoms with Crippen molar-refractivity contribution in [1.29, 1.82) is 0 Å². The first-order valence-electron chi connectivity index (χ1n) is 6.55. The molecule has 2 unspecified atom stereocenters. The van der Waals surface area contributed by atoms with Crippen LogP contribution in [0.4, 0.5) is 0 Å². The Bertz CT molecular complexity index is 487. The Morgan fingerprint density at radius 1 is 1.47 bits per heavy atom. The first-order valence-corrected chi connectivity index (χ1v) is 7.34. The average molecular weight is 326 g/mol. The number of hydrogen-bond donors (Lipinski definition) is 1. The highest BCUT2D eigenvalue weighted by molar-refractivity contribution is 9.10. The molecule has 0 aliphatic carbocycles. The normalized spacial score (nSPS) is 24.3. The predicted molar refractivity (Wildman–Crippen MR) is 79.1 cm³/mol. The minimum Gasteiger partial charge on any atom is -0.480 e. The van der Waals surface area contributed by atoms with Gasteiger partial charge in [0, 0.05) is 17.1 Å². The number of carboxylic acid groups (broad SMARTS) is 1. The smallest absolute Gasteiger partial charge is 0.325 e. The van der Waals surface area contributed by atoms with Gasteiger partial charge in [0.05, 0.1) is 0 Å². The molecule has 3 nitrogen and oxygen atoms in total. The zero-order chi connectivity index (χ0) is 14.2. The molecule has 104 valence electrons. The first kappa shape index (κ1) is 14.5. The van der Waals surface area contributed by atoms with E-state index < -0.39 is 12.0 Å². The molecule has 1 fully saturated rings. The molecule has 1 aliphatic heterocycles. The molecule has 0 aromatic heterocycles. The van der Waals surface area contributed by atoms with Gasteiger partial charge in [-0.15, -0.1) is 0 Å². The van der Waals surface area contributed by atoms with E-state index in [0.29, 0.717) is 0 Å². The van der Waals surface area contributed by atoms with Crippen LogP contribution in [-0.4, -0.2) is 28.6 Å². The van der Waals surface area contributed by atoms with E-state index in [4.69, 9.17) is 0 Å². The van der Waals surface area contributed by atoms with E-state index in [2.05, 4.69) is 41.6 Å². The standard InChI is InChI=1S/C15H20BrNO2/c1-10-8-15(2,3)9-17(10)13(14(18)19)11-6-4-5-7-12(11)16/h4-7,10,13H,8-9H2,1-3H3,(H,18,19). The van der Waals surface area contributed by atoms with Gasteiger partial charge in [0.15, 0.2) is 0 Å². The Kier molecular flexibility index (Phi) is 4.02. The quantitative estimate of drug-likeness (QED) is 0.921. The third-order valence-electron chi connectivity index (χ3n) is 3.79. The van der Waals surface area contributed by atoms with Gasteiger partial charge in [-0.05, 0) is 30.4 Å². The second kappa shape index (κ2) is 5.25. The molecule has 0 bridgehead atoms. The van der Waals surface area contributed by atoms with Crippen LogP contribution in [0.1, 0.15) is 38.8 Å². The summed E-state index contributed by atoms with van der Waals surface area (Å²) < 4.78 is 0.860. The summed E-state index contributed by atoms with van der Waals surface area (Å²) in [5.41, 5.74) is 1.01. The van der Waals surface area contributed by atoms with E-state index in [0.717, 1.165) is 23.0 Å². The molecule has 1 saturated heterocycles. The van der Waals surface area contributed by atoms with Gasteiger partial charge in [0.2, 0.25) is 0 Å². The number of aliphatic carboxylic acids is 1. The fourth-order valence-corrected chi connectivity index (χ4v) is 3.63. The molecule has 2 atom stereocenters. The molecule has 0 radical (unpaired) electrons. The third kappa shape index (κ3) is 3.00. The van der Waals surface area contributed by atoms with Crippen molar-refractivity contribution >= 4 is 21.9 Å². The average Bonchev–Trinajstić information content (AvgIpc) is 2.55. The lowest BCUT2D eigenvalue weighted by Gasteiger charge is -2.29. The number of halogens is 1. The number of carbonyl (C=O) groups is 1. The fraction of sp³-hybridized carbons (Fsp3) is 0.533. The molecule has 0 amide bonds. The number of likely N-dealkylation sites (tertiary alicyclic amines) is 1. The van der Waals surface area contributed by atoms with Gasteiger partial charge in [0.25, 0.3) is 0 Å². The Morgan fingerprint density at radius 2 is 2.11 bits per heavy atom. The van der Waals surface area contributed by atoms with Crippen molar-refractivity contribution in [3.05, 3.63) is 34.3 Å². The minimum absolute atomic E-state index is 0.175. The van der Waals surface area contributed by atoms with Crippen molar-refractivity contribution in [3.63, 3.8) is 0 Å². The van der Waals surface area contributed by atoms with Crippen LogP contribution in [0.5, 0.6) is 0 Å². The molecular formula is C15H20BrNO2. The molecule has 1 N–H and O–H groups in total. The maximum absolute atomic E-state index is 11.7. The molecule has 0 spiro atoms. The molecular weight excluding hydrogens is 306 g/mol. The fourth-order valence-electron chi connectivity index (χ4n) is 3.13. The van der Waals surface area contributed by atoms with Gasteiger partial charge in [-0.2, -0.15) is 0 Å². The lowest BCUT2D eigenvalue weighted by molar-refractivity contribution is -0.144. The third-order valence-corrected chi connectivity index (χ3v) is 4.51. The summed E-state index contributed by atoms with van der Waals surface area (Å²) in [7, 11) is 0.